The van der Waals surface area contributed by atoms with Gasteiger partial charge in [0, 0.05) is 13.1 Å². The van der Waals surface area contributed by atoms with Gasteiger partial charge in [0.25, 0.3) is 5.91 Å². The Morgan fingerprint density at radius 2 is 1.81 bits per heavy atom. The smallest absolute Gasteiger partial charge is 0.316 e. The SMILES string of the molecule is CC(NC(=O)COC(=O)CSCC(=O)N1CCCCC1)c1ccccc1. The molecule has 1 aromatic carbocycles. The van der Waals surface area contributed by atoms with Gasteiger partial charge >= 0.3 is 5.97 Å². The zero-order chi connectivity index (χ0) is 18.8. The molecule has 1 N–H and O–H groups in total. The van der Waals surface area contributed by atoms with Gasteiger partial charge in [0.05, 0.1) is 17.5 Å². The second-order valence-corrected chi connectivity index (χ2v) is 7.28. The fraction of sp³-hybridized carbons (Fsp3) is 0.526. The van der Waals surface area contributed by atoms with Crippen molar-refractivity contribution in [3.8, 4) is 0 Å². The van der Waals surface area contributed by atoms with Crippen molar-refractivity contribution in [3.05, 3.63) is 35.9 Å². The van der Waals surface area contributed by atoms with Crippen LogP contribution in [0.25, 0.3) is 0 Å². The van der Waals surface area contributed by atoms with Crippen molar-refractivity contribution in [3.63, 3.8) is 0 Å². The number of nitrogens with one attached hydrogen (secondary N) is 1. The monoisotopic (exact) mass is 378 g/mol. The first-order valence-electron chi connectivity index (χ1n) is 8.91. The third-order valence-electron chi connectivity index (χ3n) is 4.20. The molecule has 0 aliphatic carbocycles. The summed E-state index contributed by atoms with van der Waals surface area (Å²) in [5.74, 6) is -0.419. The topological polar surface area (TPSA) is 75.7 Å². The molecule has 1 heterocycles. The van der Waals surface area contributed by atoms with E-state index in [1.807, 2.05) is 42.2 Å². The average Bonchev–Trinajstić information content (AvgIpc) is 2.67. The molecule has 26 heavy (non-hydrogen) atoms. The van der Waals surface area contributed by atoms with Crippen molar-refractivity contribution < 1.29 is 19.1 Å². The summed E-state index contributed by atoms with van der Waals surface area (Å²) in [7, 11) is 0. The van der Waals surface area contributed by atoms with Gasteiger partial charge in [-0.15, -0.1) is 11.8 Å². The molecule has 0 bridgehead atoms. The minimum absolute atomic E-state index is 0.0666. The van der Waals surface area contributed by atoms with Gasteiger partial charge in [-0.25, -0.2) is 0 Å². The zero-order valence-electron chi connectivity index (χ0n) is 15.1. The summed E-state index contributed by atoms with van der Waals surface area (Å²) in [6, 6.07) is 9.41. The number of amides is 2. The Labute approximate surface area is 158 Å². The quantitative estimate of drug-likeness (QED) is 0.702. The molecule has 0 radical (unpaired) electrons. The first kappa shape index (κ1) is 20.3. The second-order valence-electron chi connectivity index (χ2n) is 6.29. The lowest BCUT2D eigenvalue weighted by atomic mass is 10.1. The van der Waals surface area contributed by atoms with E-state index in [1.165, 1.54) is 18.2 Å². The molecule has 0 aromatic heterocycles. The lowest BCUT2D eigenvalue weighted by Gasteiger charge is -2.26. The summed E-state index contributed by atoms with van der Waals surface area (Å²) in [4.78, 5) is 37.4. The summed E-state index contributed by atoms with van der Waals surface area (Å²) in [6.07, 6.45) is 3.28. The largest absolute Gasteiger partial charge is 0.455 e. The average molecular weight is 378 g/mol. The molecule has 7 heteroatoms. The van der Waals surface area contributed by atoms with E-state index < -0.39 is 5.97 Å². The van der Waals surface area contributed by atoms with Crippen molar-refractivity contribution in [2.75, 3.05) is 31.2 Å². The number of esters is 1. The minimum atomic E-state index is -0.482. The lowest BCUT2D eigenvalue weighted by molar-refractivity contribution is -0.146. The third-order valence-corrected chi connectivity index (χ3v) is 5.09. The molecular formula is C19H26N2O4S. The molecule has 2 amide bonds. The van der Waals surface area contributed by atoms with E-state index in [4.69, 9.17) is 4.74 Å². The first-order valence-corrected chi connectivity index (χ1v) is 10.1. The number of hydrogen-bond donors (Lipinski definition) is 1. The summed E-state index contributed by atoms with van der Waals surface area (Å²) >= 11 is 1.23. The number of nitrogens with zero attached hydrogens (tertiary/aromatic N) is 1. The molecule has 1 atom stereocenters. The van der Waals surface area contributed by atoms with Crippen LogP contribution in [0.3, 0.4) is 0 Å². The summed E-state index contributed by atoms with van der Waals surface area (Å²) < 4.78 is 4.97. The Balaban J connectivity index is 1.59. The van der Waals surface area contributed by atoms with Gasteiger partial charge in [-0.2, -0.15) is 0 Å². The van der Waals surface area contributed by atoms with Gasteiger partial charge < -0.3 is 15.0 Å². The Kier molecular flexibility index (Phi) is 8.47. The maximum absolute atomic E-state index is 12.0. The van der Waals surface area contributed by atoms with Gasteiger partial charge in [0.1, 0.15) is 0 Å². The second kappa shape index (κ2) is 10.9. The van der Waals surface area contributed by atoms with Gasteiger partial charge in [-0.3, -0.25) is 14.4 Å². The minimum Gasteiger partial charge on any atom is -0.455 e. The molecule has 1 unspecified atom stereocenters. The maximum Gasteiger partial charge on any atom is 0.316 e. The predicted octanol–water partition coefficient (Wildman–Crippen LogP) is 2.15. The Morgan fingerprint density at radius 1 is 1.12 bits per heavy atom. The van der Waals surface area contributed by atoms with Crippen molar-refractivity contribution in [1.29, 1.82) is 0 Å². The standard InChI is InChI=1S/C19H26N2O4S/c1-15(16-8-4-2-5-9-16)20-17(22)12-25-19(24)14-26-13-18(23)21-10-6-3-7-11-21/h2,4-5,8-9,15H,3,6-7,10-14H2,1H3,(H,20,22). The van der Waals surface area contributed by atoms with Gasteiger partial charge in [0.2, 0.25) is 5.91 Å². The van der Waals surface area contributed by atoms with Crippen LogP contribution < -0.4 is 5.32 Å². The number of hydrogen-bond acceptors (Lipinski definition) is 5. The van der Waals surface area contributed by atoms with Gasteiger partial charge in [-0.1, -0.05) is 30.3 Å². The van der Waals surface area contributed by atoms with Gasteiger partial charge in [0.15, 0.2) is 6.61 Å². The molecule has 1 aliphatic rings. The maximum atomic E-state index is 12.0. The van der Waals surface area contributed by atoms with E-state index in [1.54, 1.807) is 0 Å². The molecule has 6 nitrogen and oxygen atoms in total. The fourth-order valence-electron chi connectivity index (χ4n) is 2.75. The molecule has 2 rings (SSSR count). The highest BCUT2D eigenvalue weighted by atomic mass is 32.2. The number of carbonyl (C=O) groups excluding carboxylic acids is 3. The first-order chi connectivity index (χ1) is 12.6. The van der Waals surface area contributed by atoms with Crippen LogP contribution in [0.5, 0.6) is 0 Å². The fourth-order valence-corrected chi connectivity index (χ4v) is 3.46. The highest BCUT2D eigenvalue weighted by molar-refractivity contribution is 8.00. The normalized spacial score (nSPS) is 15.2. The predicted molar refractivity (Wildman–Crippen MR) is 102 cm³/mol. The molecule has 142 valence electrons. The zero-order valence-corrected chi connectivity index (χ0v) is 15.9. The molecule has 1 saturated heterocycles. The molecule has 0 saturated carbocycles. The van der Waals surface area contributed by atoms with E-state index in [2.05, 4.69) is 5.32 Å². The van der Waals surface area contributed by atoms with Crippen LogP contribution >= 0.6 is 11.8 Å². The number of piperidine rings is 1. The lowest BCUT2D eigenvalue weighted by Crippen LogP contribution is -2.37. The van der Waals surface area contributed by atoms with E-state index in [-0.39, 0.29) is 36.0 Å². The number of carbonyl (C=O) groups is 3. The molecule has 1 aromatic rings. The molecule has 1 aliphatic heterocycles. The van der Waals surface area contributed by atoms with Crippen LogP contribution in [-0.2, 0) is 19.1 Å². The summed E-state index contributed by atoms with van der Waals surface area (Å²) in [6.45, 7) is 3.18. The highest BCUT2D eigenvalue weighted by Crippen LogP contribution is 2.12. The summed E-state index contributed by atoms with van der Waals surface area (Å²) in [5.41, 5.74) is 0.985. The van der Waals surface area contributed by atoms with Crippen LogP contribution in [0, 0.1) is 0 Å². The molecule has 0 spiro atoms. The van der Waals surface area contributed by atoms with E-state index in [9.17, 15) is 14.4 Å². The summed E-state index contributed by atoms with van der Waals surface area (Å²) in [5, 5.41) is 2.79. The van der Waals surface area contributed by atoms with Crippen molar-refractivity contribution >= 4 is 29.5 Å². The van der Waals surface area contributed by atoms with E-state index >= 15 is 0 Å². The Bertz CT molecular complexity index is 603. The van der Waals surface area contributed by atoms with Crippen LogP contribution in [0.4, 0.5) is 0 Å². The van der Waals surface area contributed by atoms with Crippen LogP contribution in [-0.4, -0.2) is 53.9 Å². The Morgan fingerprint density at radius 3 is 2.50 bits per heavy atom. The number of likely N-dealkylation sites (tertiary alicyclic amines) is 1. The molecule has 1 fully saturated rings. The van der Waals surface area contributed by atoms with Crippen LogP contribution in [0.15, 0.2) is 30.3 Å². The highest BCUT2D eigenvalue weighted by Gasteiger charge is 2.17. The number of benzene rings is 1. The molecular weight excluding hydrogens is 352 g/mol. The van der Waals surface area contributed by atoms with Crippen molar-refractivity contribution in [2.24, 2.45) is 0 Å². The number of rotatable bonds is 8. The number of thioether (sulfide) groups is 1. The van der Waals surface area contributed by atoms with Crippen molar-refractivity contribution in [1.82, 2.24) is 10.2 Å². The van der Waals surface area contributed by atoms with Crippen LogP contribution in [0.1, 0.15) is 37.8 Å². The Hall–Kier alpha value is -2.02. The van der Waals surface area contributed by atoms with E-state index in [0.29, 0.717) is 0 Å². The number of ether oxygens (including phenoxy) is 1. The third kappa shape index (κ3) is 7.07. The van der Waals surface area contributed by atoms with Crippen molar-refractivity contribution in [2.45, 2.75) is 32.2 Å². The van der Waals surface area contributed by atoms with E-state index in [0.717, 1.165) is 31.5 Å². The van der Waals surface area contributed by atoms with Crippen LogP contribution in [0.2, 0.25) is 0 Å². The van der Waals surface area contributed by atoms with Gasteiger partial charge in [-0.05, 0) is 31.7 Å².